The standard InChI is InChI=1S/C11H11NO2/c1-14-11(13)8-5-7-3-2-4-10(12)9(7)6-8/h2-5H,6,12H2,1H3. The predicted molar refractivity (Wildman–Crippen MR) is 54.6 cm³/mol. The number of benzene rings is 1. The molecule has 0 bridgehead atoms. The van der Waals surface area contributed by atoms with E-state index >= 15 is 0 Å². The van der Waals surface area contributed by atoms with Crippen LogP contribution in [0.2, 0.25) is 0 Å². The molecule has 0 unspecified atom stereocenters. The van der Waals surface area contributed by atoms with E-state index in [-0.39, 0.29) is 5.97 Å². The van der Waals surface area contributed by atoms with Crippen LogP contribution in [0.15, 0.2) is 23.8 Å². The van der Waals surface area contributed by atoms with E-state index in [1.165, 1.54) is 7.11 Å². The lowest BCUT2D eigenvalue weighted by atomic mass is 10.1. The van der Waals surface area contributed by atoms with Gasteiger partial charge in [0.25, 0.3) is 0 Å². The molecule has 0 radical (unpaired) electrons. The first-order valence-electron chi connectivity index (χ1n) is 4.38. The van der Waals surface area contributed by atoms with Crippen LogP contribution in [0.4, 0.5) is 5.69 Å². The van der Waals surface area contributed by atoms with Gasteiger partial charge in [0.15, 0.2) is 0 Å². The van der Waals surface area contributed by atoms with Crippen molar-refractivity contribution in [1.29, 1.82) is 0 Å². The minimum Gasteiger partial charge on any atom is -0.466 e. The van der Waals surface area contributed by atoms with Crippen molar-refractivity contribution < 1.29 is 9.53 Å². The number of carbonyl (C=O) groups is 1. The first kappa shape index (κ1) is 8.81. The van der Waals surface area contributed by atoms with Gasteiger partial charge in [0.05, 0.1) is 7.11 Å². The van der Waals surface area contributed by atoms with Gasteiger partial charge in [-0.05, 0) is 23.3 Å². The summed E-state index contributed by atoms with van der Waals surface area (Å²) in [4.78, 5) is 11.3. The molecule has 1 aromatic carbocycles. The molecule has 2 rings (SSSR count). The summed E-state index contributed by atoms with van der Waals surface area (Å²) in [6, 6.07) is 5.67. The summed E-state index contributed by atoms with van der Waals surface area (Å²) in [6.07, 6.45) is 2.41. The fraction of sp³-hybridized carbons (Fsp3) is 0.182. The Morgan fingerprint density at radius 3 is 2.93 bits per heavy atom. The predicted octanol–water partition coefficient (Wildman–Crippen LogP) is 1.38. The Hall–Kier alpha value is -1.77. The van der Waals surface area contributed by atoms with Crippen LogP contribution in [0.25, 0.3) is 6.08 Å². The molecule has 14 heavy (non-hydrogen) atoms. The number of anilines is 1. The van der Waals surface area contributed by atoms with Gasteiger partial charge in [0.1, 0.15) is 0 Å². The third-order valence-corrected chi connectivity index (χ3v) is 2.39. The maximum atomic E-state index is 11.3. The van der Waals surface area contributed by atoms with Crippen LogP contribution in [-0.2, 0) is 16.0 Å². The van der Waals surface area contributed by atoms with Gasteiger partial charge in [-0.25, -0.2) is 4.79 Å². The molecule has 1 aliphatic rings. The van der Waals surface area contributed by atoms with Gasteiger partial charge in [-0.3, -0.25) is 0 Å². The topological polar surface area (TPSA) is 52.3 Å². The largest absolute Gasteiger partial charge is 0.466 e. The molecule has 0 saturated heterocycles. The second kappa shape index (κ2) is 3.18. The average molecular weight is 189 g/mol. The van der Waals surface area contributed by atoms with E-state index < -0.39 is 0 Å². The maximum absolute atomic E-state index is 11.3. The Morgan fingerprint density at radius 2 is 2.29 bits per heavy atom. The van der Waals surface area contributed by atoms with E-state index in [2.05, 4.69) is 4.74 Å². The van der Waals surface area contributed by atoms with Crippen molar-refractivity contribution in [2.75, 3.05) is 12.8 Å². The Kier molecular flexibility index (Phi) is 2.00. The number of esters is 1. The van der Waals surface area contributed by atoms with Crippen LogP contribution in [0, 0.1) is 0 Å². The summed E-state index contributed by atoms with van der Waals surface area (Å²) in [5.74, 6) is -0.277. The molecule has 3 heteroatoms. The summed E-state index contributed by atoms with van der Waals surface area (Å²) in [5.41, 5.74) is 9.23. The molecule has 72 valence electrons. The van der Waals surface area contributed by atoms with Gasteiger partial charge in [-0.15, -0.1) is 0 Å². The summed E-state index contributed by atoms with van der Waals surface area (Å²) in [6.45, 7) is 0. The van der Waals surface area contributed by atoms with E-state index in [1.807, 2.05) is 24.3 Å². The molecule has 2 N–H and O–H groups in total. The lowest BCUT2D eigenvalue weighted by molar-refractivity contribution is -0.136. The molecule has 0 aliphatic heterocycles. The summed E-state index contributed by atoms with van der Waals surface area (Å²) in [5, 5.41) is 0. The van der Waals surface area contributed by atoms with E-state index in [0.29, 0.717) is 12.0 Å². The van der Waals surface area contributed by atoms with Gasteiger partial charge in [0, 0.05) is 17.7 Å². The third kappa shape index (κ3) is 1.27. The zero-order chi connectivity index (χ0) is 10.1. The van der Waals surface area contributed by atoms with Crippen LogP contribution < -0.4 is 5.73 Å². The number of ether oxygens (including phenoxy) is 1. The normalized spacial score (nSPS) is 13.4. The third-order valence-electron chi connectivity index (χ3n) is 2.39. The number of rotatable bonds is 1. The minimum atomic E-state index is -0.277. The summed E-state index contributed by atoms with van der Waals surface area (Å²) in [7, 11) is 1.38. The lowest BCUT2D eigenvalue weighted by Gasteiger charge is -2.02. The summed E-state index contributed by atoms with van der Waals surface area (Å²) < 4.78 is 4.66. The van der Waals surface area contributed by atoms with E-state index in [0.717, 1.165) is 16.8 Å². The zero-order valence-electron chi connectivity index (χ0n) is 7.91. The van der Waals surface area contributed by atoms with E-state index in [9.17, 15) is 4.79 Å². The van der Waals surface area contributed by atoms with Crippen LogP contribution in [0.1, 0.15) is 11.1 Å². The monoisotopic (exact) mass is 189 g/mol. The number of hydrogen-bond donors (Lipinski definition) is 1. The smallest absolute Gasteiger partial charge is 0.334 e. The second-order valence-corrected chi connectivity index (χ2v) is 3.25. The fourth-order valence-electron chi connectivity index (χ4n) is 1.65. The Bertz CT molecular complexity index is 421. The Balaban J connectivity index is 2.37. The highest BCUT2D eigenvalue weighted by molar-refractivity contribution is 5.97. The van der Waals surface area contributed by atoms with Crippen LogP contribution >= 0.6 is 0 Å². The van der Waals surface area contributed by atoms with Gasteiger partial charge in [0.2, 0.25) is 0 Å². The number of hydrogen-bond acceptors (Lipinski definition) is 3. The van der Waals surface area contributed by atoms with Gasteiger partial charge < -0.3 is 10.5 Å². The molecular weight excluding hydrogens is 178 g/mol. The van der Waals surface area contributed by atoms with Gasteiger partial charge in [-0.2, -0.15) is 0 Å². The number of carbonyl (C=O) groups excluding carboxylic acids is 1. The number of nitrogens with two attached hydrogens (primary N) is 1. The van der Waals surface area contributed by atoms with Crippen LogP contribution in [0.5, 0.6) is 0 Å². The second-order valence-electron chi connectivity index (χ2n) is 3.25. The first-order valence-corrected chi connectivity index (χ1v) is 4.38. The molecule has 0 heterocycles. The van der Waals surface area contributed by atoms with Gasteiger partial charge in [-0.1, -0.05) is 12.1 Å². The SMILES string of the molecule is COC(=O)C1=Cc2cccc(N)c2C1. The Morgan fingerprint density at radius 1 is 1.50 bits per heavy atom. The molecule has 3 nitrogen and oxygen atoms in total. The molecule has 0 atom stereocenters. The highest BCUT2D eigenvalue weighted by atomic mass is 16.5. The molecule has 0 aromatic heterocycles. The van der Waals surface area contributed by atoms with Crippen LogP contribution in [0.3, 0.4) is 0 Å². The van der Waals surface area contributed by atoms with Gasteiger partial charge >= 0.3 is 5.97 Å². The zero-order valence-corrected chi connectivity index (χ0v) is 7.91. The minimum absolute atomic E-state index is 0.277. The van der Waals surface area contributed by atoms with Crippen molar-refractivity contribution in [2.45, 2.75) is 6.42 Å². The average Bonchev–Trinajstić information content (AvgIpc) is 2.62. The van der Waals surface area contributed by atoms with Crippen molar-refractivity contribution in [3.63, 3.8) is 0 Å². The van der Waals surface area contributed by atoms with Crippen LogP contribution in [-0.4, -0.2) is 13.1 Å². The van der Waals surface area contributed by atoms with Crippen molar-refractivity contribution in [3.8, 4) is 0 Å². The molecule has 1 aromatic rings. The van der Waals surface area contributed by atoms with Crippen molar-refractivity contribution in [2.24, 2.45) is 0 Å². The summed E-state index contributed by atoms with van der Waals surface area (Å²) >= 11 is 0. The lowest BCUT2D eigenvalue weighted by Crippen LogP contribution is -2.04. The van der Waals surface area contributed by atoms with E-state index in [4.69, 9.17) is 5.73 Å². The highest BCUT2D eigenvalue weighted by Crippen LogP contribution is 2.29. The molecule has 1 aliphatic carbocycles. The number of nitrogen functional groups attached to an aromatic ring is 1. The van der Waals surface area contributed by atoms with Crippen molar-refractivity contribution in [3.05, 3.63) is 34.9 Å². The highest BCUT2D eigenvalue weighted by Gasteiger charge is 2.20. The Labute approximate surface area is 82.2 Å². The molecule has 0 spiro atoms. The fourth-order valence-corrected chi connectivity index (χ4v) is 1.65. The molecule has 0 fully saturated rings. The number of fused-ring (bicyclic) bond motifs is 1. The quantitative estimate of drug-likeness (QED) is 0.536. The number of methoxy groups -OCH3 is 1. The molecular formula is C11H11NO2. The first-order chi connectivity index (χ1) is 6.72. The van der Waals surface area contributed by atoms with Crippen molar-refractivity contribution in [1.82, 2.24) is 0 Å². The molecule has 0 saturated carbocycles. The van der Waals surface area contributed by atoms with E-state index in [1.54, 1.807) is 0 Å². The molecule has 0 amide bonds. The maximum Gasteiger partial charge on any atom is 0.334 e. The van der Waals surface area contributed by atoms with Crippen molar-refractivity contribution >= 4 is 17.7 Å².